The fraction of sp³-hybridized carbons (Fsp3) is 0.350. The third-order valence-electron chi connectivity index (χ3n) is 4.31. The lowest BCUT2D eigenvalue weighted by Gasteiger charge is -2.26. The summed E-state index contributed by atoms with van der Waals surface area (Å²) >= 11 is 0. The Bertz CT molecular complexity index is 921. The van der Waals surface area contributed by atoms with Crippen LogP contribution < -0.4 is 9.62 Å². The summed E-state index contributed by atoms with van der Waals surface area (Å²) in [5.74, 6) is -0.366. The molecule has 2 rings (SSSR count). The first-order chi connectivity index (χ1) is 12.1. The number of hydrogen-bond acceptors (Lipinski definition) is 3. The number of para-hydroxylation sites is 1. The van der Waals surface area contributed by atoms with Crippen LogP contribution in [0.25, 0.3) is 0 Å². The number of aryl methyl sites for hydroxylation is 4. The lowest BCUT2D eigenvalue weighted by molar-refractivity contribution is -0.114. The summed E-state index contributed by atoms with van der Waals surface area (Å²) in [6, 6.07) is 11.4. The van der Waals surface area contributed by atoms with Gasteiger partial charge >= 0.3 is 0 Å². The van der Waals surface area contributed by atoms with E-state index >= 15 is 0 Å². The molecule has 1 N–H and O–H groups in total. The number of rotatable bonds is 6. The van der Waals surface area contributed by atoms with Crippen molar-refractivity contribution in [1.82, 2.24) is 0 Å². The van der Waals surface area contributed by atoms with E-state index in [0.717, 1.165) is 28.5 Å². The summed E-state index contributed by atoms with van der Waals surface area (Å²) in [7, 11) is -3.61. The number of nitrogens with zero attached hydrogens (tertiary/aromatic N) is 1. The quantitative estimate of drug-likeness (QED) is 0.840. The summed E-state index contributed by atoms with van der Waals surface area (Å²) < 4.78 is 26.0. The number of carbonyl (C=O) groups is 1. The van der Waals surface area contributed by atoms with E-state index in [1.165, 1.54) is 4.31 Å². The normalized spacial score (nSPS) is 11.3. The van der Waals surface area contributed by atoms with Gasteiger partial charge in [-0.25, -0.2) is 8.42 Å². The van der Waals surface area contributed by atoms with Crippen LogP contribution in [-0.4, -0.2) is 27.1 Å². The van der Waals surface area contributed by atoms with E-state index < -0.39 is 10.0 Å². The van der Waals surface area contributed by atoms with Gasteiger partial charge in [-0.1, -0.05) is 37.3 Å². The maximum Gasteiger partial charge on any atom is 0.245 e. The van der Waals surface area contributed by atoms with Crippen molar-refractivity contribution in [3.8, 4) is 0 Å². The zero-order chi connectivity index (χ0) is 19.5. The van der Waals surface area contributed by atoms with Gasteiger partial charge in [0, 0.05) is 5.69 Å². The summed E-state index contributed by atoms with van der Waals surface area (Å²) in [5.41, 5.74) is 4.97. The van der Waals surface area contributed by atoms with Gasteiger partial charge in [0.2, 0.25) is 15.9 Å². The molecular formula is C20H26N2O3S. The van der Waals surface area contributed by atoms with Crippen molar-refractivity contribution in [3.63, 3.8) is 0 Å². The van der Waals surface area contributed by atoms with Gasteiger partial charge in [-0.3, -0.25) is 9.10 Å². The summed E-state index contributed by atoms with van der Waals surface area (Å²) in [6.45, 7) is 7.41. The molecule has 0 aliphatic heterocycles. The smallest absolute Gasteiger partial charge is 0.245 e. The van der Waals surface area contributed by atoms with Crippen molar-refractivity contribution in [2.45, 2.75) is 34.1 Å². The van der Waals surface area contributed by atoms with Crippen molar-refractivity contribution in [2.75, 3.05) is 22.4 Å². The summed E-state index contributed by atoms with van der Waals surface area (Å²) in [6.07, 6.45) is 1.81. The van der Waals surface area contributed by atoms with Crippen LogP contribution in [0.15, 0.2) is 36.4 Å². The minimum absolute atomic E-state index is 0.260. The molecule has 0 spiro atoms. The largest absolute Gasteiger partial charge is 0.324 e. The fourth-order valence-electron chi connectivity index (χ4n) is 2.91. The van der Waals surface area contributed by atoms with E-state index in [9.17, 15) is 13.2 Å². The molecule has 0 aromatic heterocycles. The molecule has 0 heterocycles. The Morgan fingerprint density at radius 3 is 2.38 bits per heavy atom. The van der Waals surface area contributed by atoms with Gasteiger partial charge in [0.25, 0.3) is 0 Å². The molecule has 0 bridgehead atoms. The minimum Gasteiger partial charge on any atom is -0.324 e. The van der Waals surface area contributed by atoms with Crippen molar-refractivity contribution >= 4 is 27.3 Å². The average molecular weight is 375 g/mol. The summed E-state index contributed by atoms with van der Waals surface area (Å²) in [4.78, 5) is 12.6. The van der Waals surface area contributed by atoms with Gasteiger partial charge in [0.15, 0.2) is 0 Å². The summed E-state index contributed by atoms with van der Waals surface area (Å²) in [5, 5.41) is 2.84. The molecule has 140 valence electrons. The minimum atomic E-state index is -3.61. The molecular weight excluding hydrogens is 348 g/mol. The predicted octanol–water partition coefficient (Wildman–Crippen LogP) is 3.58. The number of benzene rings is 2. The molecule has 1 amide bonds. The highest BCUT2D eigenvalue weighted by Crippen LogP contribution is 2.28. The second-order valence-electron chi connectivity index (χ2n) is 6.57. The van der Waals surface area contributed by atoms with Gasteiger partial charge in [0.05, 0.1) is 11.9 Å². The van der Waals surface area contributed by atoms with Crippen LogP contribution in [0.4, 0.5) is 11.4 Å². The molecule has 0 radical (unpaired) electrons. The second-order valence-corrected chi connectivity index (χ2v) is 8.48. The van der Waals surface area contributed by atoms with Gasteiger partial charge in [-0.05, 0) is 55.5 Å². The van der Waals surface area contributed by atoms with Crippen LogP contribution in [0.1, 0.15) is 29.2 Å². The number of amides is 1. The van der Waals surface area contributed by atoms with Crippen LogP contribution in [0.5, 0.6) is 0 Å². The monoisotopic (exact) mass is 374 g/mol. The highest BCUT2D eigenvalue weighted by atomic mass is 32.2. The third-order valence-corrected chi connectivity index (χ3v) is 5.42. The Labute approximate surface area is 156 Å². The van der Waals surface area contributed by atoms with Crippen LogP contribution in [-0.2, 0) is 21.2 Å². The van der Waals surface area contributed by atoms with E-state index in [1.807, 2.05) is 64.1 Å². The molecule has 2 aromatic rings. The second kappa shape index (κ2) is 7.91. The molecule has 0 atom stereocenters. The first-order valence-corrected chi connectivity index (χ1v) is 10.4. The third kappa shape index (κ3) is 4.64. The van der Waals surface area contributed by atoms with E-state index in [0.29, 0.717) is 17.8 Å². The van der Waals surface area contributed by atoms with Crippen molar-refractivity contribution < 1.29 is 13.2 Å². The van der Waals surface area contributed by atoms with Crippen LogP contribution in [0, 0.1) is 20.8 Å². The van der Waals surface area contributed by atoms with Crippen LogP contribution in [0.3, 0.4) is 0 Å². The molecule has 26 heavy (non-hydrogen) atoms. The van der Waals surface area contributed by atoms with Gasteiger partial charge in [-0.2, -0.15) is 0 Å². The van der Waals surface area contributed by atoms with Gasteiger partial charge in [0.1, 0.15) is 6.54 Å². The van der Waals surface area contributed by atoms with Crippen molar-refractivity contribution in [2.24, 2.45) is 0 Å². The Kier molecular flexibility index (Phi) is 6.08. The Morgan fingerprint density at radius 1 is 1.08 bits per heavy atom. The Balaban J connectivity index is 2.36. The van der Waals surface area contributed by atoms with E-state index in [1.54, 1.807) is 0 Å². The number of hydrogen-bond donors (Lipinski definition) is 1. The lowest BCUT2D eigenvalue weighted by atomic mass is 10.1. The zero-order valence-electron chi connectivity index (χ0n) is 16.0. The Hall–Kier alpha value is -2.34. The highest BCUT2D eigenvalue weighted by molar-refractivity contribution is 7.92. The molecule has 0 saturated carbocycles. The zero-order valence-corrected chi connectivity index (χ0v) is 16.8. The number of sulfonamides is 1. The fourth-order valence-corrected chi connectivity index (χ4v) is 3.86. The highest BCUT2D eigenvalue weighted by Gasteiger charge is 2.24. The Morgan fingerprint density at radius 2 is 1.77 bits per heavy atom. The molecule has 0 fully saturated rings. The first-order valence-electron chi connectivity index (χ1n) is 8.56. The van der Waals surface area contributed by atoms with Gasteiger partial charge < -0.3 is 5.32 Å². The SMILES string of the molecule is CCc1cccc(C)c1N(CC(=O)Nc1cc(C)ccc1C)S(C)(=O)=O. The van der Waals surface area contributed by atoms with E-state index in [2.05, 4.69) is 5.32 Å². The first kappa shape index (κ1) is 20.0. The predicted molar refractivity (Wildman–Crippen MR) is 107 cm³/mol. The molecule has 0 saturated heterocycles. The van der Waals surface area contributed by atoms with Crippen molar-refractivity contribution in [1.29, 1.82) is 0 Å². The number of carbonyl (C=O) groups excluding carboxylic acids is 1. The standard InChI is InChI=1S/C20H26N2O3S/c1-6-17-9-7-8-16(4)20(17)22(26(5,24)25)13-19(23)21-18-12-14(2)10-11-15(18)3/h7-12H,6,13H2,1-5H3,(H,21,23). The average Bonchev–Trinajstić information content (AvgIpc) is 2.55. The molecule has 2 aromatic carbocycles. The van der Waals surface area contributed by atoms with Crippen LogP contribution >= 0.6 is 0 Å². The van der Waals surface area contributed by atoms with E-state index in [-0.39, 0.29) is 12.5 Å². The molecule has 5 nitrogen and oxygen atoms in total. The van der Waals surface area contributed by atoms with Crippen LogP contribution in [0.2, 0.25) is 0 Å². The molecule has 0 aliphatic carbocycles. The maximum absolute atomic E-state index is 12.6. The maximum atomic E-state index is 12.6. The van der Waals surface area contributed by atoms with Crippen molar-refractivity contribution in [3.05, 3.63) is 58.7 Å². The topological polar surface area (TPSA) is 66.5 Å². The van der Waals surface area contributed by atoms with Gasteiger partial charge in [-0.15, -0.1) is 0 Å². The molecule has 0 aliphatic rings. The van der Waals surface area contributed by atoms with E-state index in [4.69, 9.17) is 0 Å². The lowest BCUT2D eigenvalue weighted by Crippen LogP contribution is -2.38. The molecule has 0 unspecified atom stereocenters. The molecule has 6 heteroatoms. The number of nitrogens with one attached hydrogen (secondary N) is 1. The number of anilines is 2.